The second-order valence-electron chi connectivity index (χ2n) is 4.75. The molecule has 2 aromatic heterocycles. The predicted molar refractivity (Wildman–Crippen MR) is 66.5 cm³/mol. The van der Waals surface area contributed by atoms with Crippen molar-refractivity contribution >= 4 is 21.3 Å². The lowest BCUT2D eigenvalue weighted by molar-refractivity contribution is -0.146. The molecule has 0 aromatic carbocycles. The minimum absolute atomic E-state index is 0.0353. The summed E-state index contributed by atoms with van der Waals surface area (Å²) >= 11 is 0. The van der Waals surface area contributed by atoms with Gasteiger partial charge in [0.1, 0.15) is 5.82 Å². The van der Waals surface area contributed by atoms with Crippen LogP contribution in [0.5, 0.6) is 0 Å². The monoisotopic (exact) mass is 321 g/mol. The van der Waals surface area contributed by atoms with Crippen LogP contribution in [0.3, 0.4) is 0 Å². The Balaban J connectivity index is 1.90. The van der Waals surface area contributed by atoms with Crippen molar-refractivity contribution < 1.29 is 21.6 Å². The first-order valence-electron chi connectivity index (χ1n) is 6.01. The lowest BCUT2D eigenvalue weighted by Gasteiger charge is -2.11. The number of sulfone groups is 1. The van der Waals surface area contributed by atoms with Crippen LogP contribution in [0.2, 0.25) is 0 Å². The predicted octanol–water partition coefficient (Wildman–Crippen LogP) is 0.742. The average molecular weight is 321 g/mol. The lowest BCUT2D eigenvalue weighted by Crippen LogP contribution is -2.22. The largest absolute Gasteiger partial charge is 0.453 e. The van der Waals surface area contributed by atoms with Gasteiger partial charge in [-0.2, -0.15) is 17.7 Å². The van der Waals surface area contributed by atoms with Crippen molar-refractivity contribution in [1.29, 1.82) is 0 Å². The molecule has 0 saturated carbocycles. The molecule has 1 aliphatic rings. The summed E-state index contributed by atoms with van der Waals surface area (Å²) in [5.41, 5.74) is -0.0353. The zero-order valence-electron chi connectivity index (χ0n) is 10.5. The molecule has 21 heavy (non-hydrogen) atoms. The van der Waals surface area contributed by atoms with Gasteiger partial charge >= 0.3 is 6.18 Å². The summed E-state index contributed by atoms with van der Waals surface area (Å²) in [6.07, 6.45) is -4.27. The Bertz CT molecular complexity index is 786. The fourth-order valence-electron chi connectivity index (χ4n) is 2.16. The van der Waals surface area contributed by atoms with Gasteiger partial charge in [0.2, 0.25) is 0 Å². The van der Waals surface area contributed by atoms with Crippen LogP contribution in [0.15, 0.2) is 12.1 Å². The van der Waals surface area contributed by atoms with Crippen LogP contribution in [0, 0.1) is 0 Å². The van der Waals surface area contributed by atoms with Gasteiger partial charge in [-0.15, -0.1) is 15.3 Å². The second-order valence-corrected chi connectivity index (χ2v) is 6.98. The summed E-state index contributed by atoms with van der Waals surface area (Å²) in [4.78, 5) is 0. The maximum absolute atomic E-state index is 12.7. The number of nitrogens with zero attached hydrogens (tertiary/aromatic N) is 4. The number of alkyl halides is 3. The van der Waals surface area contributed by atoms with Crippen LogP contribution < -0.4 is 5.32 Å². The SMILES string of the molecule is O=S1(=O)CC[C@H](Nc2ccc3nnc(C(F)(F)F)n3n2)C1. The number of aromatic nitrogens is 4. The molecule has 11 heteroatoms. The lowest BCUT2D eigenvalue weighted by atomic mass is 10.2. The molecule has 1 fully saturated rings. The van der Waals surface area contributed by atoms with E-state index < -0.39 is 21.8 Å². The first-order chi connectivity index (χ1) is 9.74. The molecule has 0 bridgehead atoms. The van der Waals surface area contributed by atoms with Gasteiger partial charge in [-0.3, -0.25) is 0 Å². The molecule has 3 rings (SSSR count). The normalized spacial score (nSPS) is 21.8. The van der Waals surface area contributed by atoms with Gasteiger partial charge < -0.3 is 5.32 Å². The zero-order valence-corrected chi connectivity index (χ0v) is 11.3. The highest BCUT2D eigenvalue weighted by atomic mass is 32.2. The quantitative estimate of drug-likeness (QED) is 0.878. The van der Waals surface area contributed by atoms with E-state index in [4.69, 9.17) is 0 Å². The Kier molecular flexibility index (Phi) is 3.04. The third-order valence-electron chi connectivity index (χ3n) is 3.10. The average Bonchev–Trinajstić information content (AvgIpc) is 2.91. The van der Waals surface area contributed by atoms with Crippen molar-refractivity contribution in [1.82, 2.24) is 19.8 Å². The van der Waals surface area contributed by atoms with E-state index in [0.717, 1.165) is 0 Å². The second kappa shape index (κ2) is 4.55. The summed E-state index contributed by atoms with van der Waals surface area (Å²) in [6, 6.07) is 2.42. The number of anilines is 1. The topological polar surface area (TPSA) is 89.2 Å². The summed E-state index contributed by atoms with van der Waals surface area (Å²) in [5.74, 6) is -1.07. The molecule has 3 heterocycles. The third-order valence-corrected chi connectivity index (χ3v) is 4.87. The Morgan fingerprint density at radius 2 is 2.05 bits per heavy atom. The van der Waals surface area contributed by atoms with Gasteiger partial charge in [0.05, 0.1) is 11.5 Å². The zero-order chi connectivity index (χ0) is 15.3. The Labute approximate surface area is 117 Å². The van der Waals surface area contributed by atoms with Gasteiger partial charge in [0, 0.05) is 6.04 Å². The summed E-state index contributed by atoms with van der Waals surface area (Å²) in [7, 11) is -3.08. The van der Waals surface area contributed by atoms with Crippen LogP contribution in [0.25, 0.3) is 5.65 Å². The molecule has 1 atom stereocenters. The maximum Gasteiger partial charge on any atom is 0.453 e. The first kappa shape index (κ1) is 14.0. The highest BCUT2D eigenvalue weighted by molar-refractivity contribution is 7.91. The van der Waals surface area contributed by atoms with Crippen LogP contribution in [-0.4, -0.2) is 45.8 Å². The van der Waals surface area contributed by atoms with Gasteiger partial charge in [-0.05, 0) is 18.6 Å². The summed E-state index contributed by atoms with van der Waals surface area (Å²) in [6.45, 7) is 0. The molecule has 0 radical (unpaired) electrons. The number of fused-ring (bicyclic) bond motifs is 1. The Hall–Kier alpha value is -1.91. The van der Waals surface area contributed by atoms with Gasteiger partial charge in [-0.25, -0.2) is 8.42 Å². The van der Waals surface area contributed by atoms with Crippen molar-refractivity contribution in [3.63, 3.8) is 0 Å². The van der Waals surface area contributed by atoms with Gasteiger partial charge in [-0.1, -0.05) is 0 Å². The molecule has 0 spiro atoms. The molecule has 114 valence electrons. The van der Waals surface area contributed by atoms with Crippen molar-refractivity contribution in [2.75, 3.05) is 16.8 Å². The third kappa shape index (κ3) is 2.77. The van der Waals surface area contributed by atoms with Crippen LogP contribution in [0.1, 0.15) is 12.2 Å². The first-order valence-corrected chi connectivity index (χ1v) is 7.83. The maximum atomic E-state index is 12.7. The minimum Gasteiger partial charge on any atom is -0.365 e. The molecule has 1 saturated heterocycles. The molecule has 7 nitrogen and oxygen atoms in total. The van der Waals surface area contributed by atoms with Crippen LogP contribution >= 0.6 is 0 Å². The number of rotatable bonds is 2. The number of hydrogen-bond acceptors (Lipinski definition) is 6. The van der Waals surface area contributed by atoms with E-state index in [1.165, 1.54) is 12.1 Å². The van der Waals surface area contributed by atoms with E-state index in [9.17, 15) is 21.6 Å². The number of halogens is 3. The molecule has 0 unspecified atom stereocenters. The van der Waals surface area contributed by atoms with Crippen LogP contribution in [0.4, 0.5) is 19.0 Å². The van der Waals surface area contributed by atoms with Gasteiger partial charge in [0.25, 0.3) is 5.82 Å². The smallest absolute Gasteiger partial charge is 0.365 e. The number of hydrogen-bond donors (Lipinski definition) is 1. The Morgan fingerprint density at radius 3 is 2.67 bits per heavy atom. The van der Waals surface area contributed by atoms with Crippen molar-refractivity contribution in [2.45, 2.75) is 18.6 Å². The van der Waals surface area contributed by atoms with Crippen LogP contribution in [-0.2, 0) is 16.0 Å². The molecule has 1 aliphatic heterocycles. The van der Waals surface area contributed by atoms with Crippen molar-refractivity contribution in [3.8, 4) is 0 Å². The Morgan fingerprint density at radius 1 is 1.29 bits per heavy atom. The van der Waals surface area contributed by atoms with E-state index in [-0.39, 0.29) is 29.0 Å². The van der Waals surface area contributed by atoms with Crippen molar-refractivity contribution in [2.24, 2.45) is 0 Å². The van der Waals surface area contributed by atoms with E-state index in [2.05, 4.69) is 20.6 Å². The van der Waals surface area contributed by atoms with Gasteiger partial charge in [0.15, 0.2) is 15.5 Å². The van der Waals surface area contributed by atoms with E-state index >= 15 is 0 Å². The molecule has 2 aromatic rings. The molecular formula is C10H10F3N5O2S. The minimum atomic E-state index is -4.66. The summed E-state index contributed by atoms with van der Waals surface area (Å²) in [5, 5.41) is 13.1. The van der Waals surface area contributed by atoms with E-state index in [1.807, 2.05) is 0 Å². The van der Waals surface area contributed by atoms with E-state index in [0.29, 0.717) is 10.9 Å². The fourth-order valence-corrected chi connectivity index (χ4v) is 3.83. The highest BCUT2D eigenvalue weighted by Gasteiger charge is 2.37. The van der Waals surface area contributed by atoms with Crippen molar-refractivity contribution in [3.05, 3.63) is 18.0 Å². The summed E-state index contributed by atoms with van der Waals surface area (Å²) < 4.78 is 61.5. The fraction of sp³-hybridized carbons (Fsp3) is 0.500. The number of nitrogens with one attached hydrogen (secondary N) is 1. The molecule has 0 aliphatic carbocycles. The molecule has 1 N–H and O–H groups in total. The van der Waals surface area contributed by atoms with E-state index in [1.54, 1.807) is 0 Å². The molecule has 0 amide bonds. The molecular weight excluding hydrogens is 311 g/mol. The standard InChI is InChI=1S/C10H10F3N5O2S/c11-10(12,13)9-16-15-8-2-1-7(17-18(8)9)14-6-3-4-21(19,20)5-6/h1-2,6H,3-5H2,(H,14,17)/t6-/m0/s1. The highest BCUT2D eigenvalue weighted by Crippen LogP contribution is 2.27.